The highest BCUT2D eigenvalue weighted by atomic mass is 32.2. The van der Waals surface area contributed by atoms with Gasteiger partial charge in [0, 0.05) is 6.04 Å². The summed E-state index contributed by atoms with van der Waals surface area (Å²) in [7, 11) is 0. The summed E-state index contributed by atoms with van der Waals surface area (Å²) in [6.07, 6.45) is 3.82. The number of nitrogens with one attached hydrogen (secondary N) is 1. The van der Waals surface area contributed by atoms with Gasteiger partial charge in [0.1, 0.15) is 11.3 Å². The molecule has 1 N–H and O–H groups in total. The lowest BCUT2D eigenvalue weighted by molar-refractivity contribution is -0.113. The lowest BCUT2D eigenvalue weighted by Crippen LogP contribution is -2.17. The molecule has 1 aliphatic rings. The van der Waals surface area contributed by atoms with Crippen LogP contribution in [0.3, 0.4) is 0 Å². The van der Waals surface area contributed by atoms with Crippen LogP contribution in [0, 0.1) is 0 Å². The Kier molecular flexibility index (Phi) is 5.98. The number of ether oxygens (including phenoxy) is 1. The van der Waals surface area contributed by atoms with E-state index < -0.39 is 0 Å². The molecule has 26 heavy (non-hydrogen) atoms. The van der Waals surface area contributed by atoms with Crippen molar-refractivity contribution in [3.8, 4) is 0 Å². The SMILES string of the molecule is CCOC(=O)c1c(C2CC2)csc1NC(=O)CSc1nncn1C(C)C. The summed E-state index contributed by atoms with van der Waals surface area (Å²) in [5.74, 6) is 0.0705. The van der Waals surface area contributed by atoms with Crippen LogP contribution in [-0.4, -0.2) is 39.0 Å². The topological polar surface area (TPSA) is 86.1 Å². The predicted molar refractivity (Wildman–Crippen MR) is 102 cm³/mol. The van der Waals surface area contributed by atoms with Gasteiger partial charge in [-0.2, -0.15) is 0 Å². The summed E-state index contributed by atoms with van der Waals surface area (Å²) < 4.78 is 7.09. The Morgan fingerprint density at radius 1 is 1.46 bits per heavy atom. The normalized spacial score (nSPS) is 13.8. The molecule has 2 heterocycles. The number of amides is 1. The Labute approximate surface area is 160 Å². The fourth-order valence-corrected chi connectivity index (χ4v) is 4.45. The van der Waals surface area contributed by atoms with Crippen molar-refractivity contribution in [2.75, 3.05) is 17.7 Å². The number of rotatable bonds is 8. The second-order valence-electron chi connectivity index (χ2n) is 6.34. The highest BCUT2D eigenvalue weighted by Gasteiger charge is 2.32. The van der Waals surface area contributed by atoms with Crippen LogP contribution in [0.25, 0.3) is 0 Å². The molecule has 1 amide bonds. The van der Waals surface area contributed by atoms with Crippen LogP contribution < -0.4 is 5.32 Å². The third kappa shape index (κ3) is 4.27. The van der Waals surface area contributed by atoms with E-state index in [1.165, 1.54) is 23.1 Å². The molecule has 7 nitrogen and oxygen atoms in total. The van der Waals surface area contributed by atoms with Gasteiger partial charge in [0.2, 0.25) is 5.91 Å². The molecule has 9 heteroatoms. The second kappa shape index (κ2) is 8.22. The van der Waals surface area contributed by atoms with Gasteiger partial charge >= 0.3 is 5.97 Å². The maximum absolute atomic E-state index is 12.4. The van der Waals surface area contributed by atoms with Gasteiger partial charge in [-0.3, -0.25) is 4.79 Å². The van der Waals surface area contributed by atoms with Gasteiger partial charge in [-0.15, -0.1) is 21.5 Å². The highest BCUT2D eigenvalue weighted by molar-refractivity contribution is 7.99. The molecule has 0 saturated heterocycles. The molecule has 0 aliphatic heterocycles. The Morgan fingerprint density at radius 2 is 2.23 bits per heavy atom. The lowest BCUT2D eigenvalue weighted by atomic mass is 10.1. The molecule has 2 aromatic rings. The maximum Gasteiger partial charge on any atom is 0.341 e. The number of esters is 1. The molecule has 1 fully saturated rings. The molecule has 0 unspecified atom stereocenters. The van der Waals surface area contributed by atoms with Crippen LogP contribution in [0.15, 0.2) is 16.9 Å². The molecule has 1 aliphatic carbocycles. The predicted octanol–water partition coefficient (Wildman–Crippen LogP) is 3.71. The number of nitrogens with zero attached hydrogens (tertiary/aromatic N) is 3. The third-order valence-corrected chi connectivity index (χ3v) is 5.87. The van der Waals surface area contributed by atoms with Crippen molar-refractivity contribution >= 4 is 40.0 Å². The first kappa shape index (κ1) is 18.9. The minimum absolute atomic E-state index is 0.178. The van der Waals surface area contributed by atoms with E-state index in [9.17, 15) is 9.59 Å². The van der Waals surface area contributed by atoms with Crippen LogP contribution in [-0.2, 0) is 9.53 Å². The molecule has 0 radical (unpaired) electrons. The zero-order valence-corrected chi connectivity index (χ0v) is 16.7. The molecule has 0 aromatic carbocycles. The summed E-state index contributed by atoms with van der Waals surface area (Å²) in [6, 6.07) is 0.226. The number of carbonyl (C=O) groups is 2. The average molecular weight is 395 g/mol. The van der Waals surface area contributed by atoms with Crippen molar-refractivity contribution in [2.45, 2.75) is 50.7 Å². The summed E-state index contributed by atoms with van der Waals surface area (Å²) in [5.41, 5.74) is 1.51. The van der Waals surface area contributed by atoms with Gasteiger partial charge in [-0.25, -0.2) is 4.79 Å². The first-order valence-corrected chi connectivity index (χ1v) is 10.5. The van der Waals surface area contributed by atoms with E-state index in [-0.39, 0.29) is 23.7 Å². The van der Waals surface area contributed by atoms with Gasteiger partial charge in [0.25, 0.3) is 0 Å². The fourth-order valence-electron chi connectivity index (χ4n) is 2.55. The summed E-state index contributed by atoms with van der Waals surface area (Å²) in [5, 5.41) is 14.0. The van der Waals surface area contributed by atoms with Crippen molar-refractivity contribution in [1.29, 1.82) is 0 Å². The van der Waals surface area contributed by atoms with Gasteiger partial charge in [0.15, 0.2) is 5.16 Å². The molecular weight excluding hydrogens is 372 g/mol. The quantitative estimate of drug-likeness (QED) is 0.543. The molecule has 2 aromatic heterocycles. The Hall–Kier alpha value is -1.87. The van der Waals surface area contributed by atoms with E-state index in [4.69, 9.17) is 4.74 Å². The van der Waals surface area contributed by atoms with Crippen LogP contribution in [0.4, 0.5) is 5.00 Å². The molecule has 140 valence electrons. The van der Waals surface area contributed by atoms with Gasteiger partial charge < -0.3 is 14.6 Å². The number of hydrogen-bond acceptors (Lipinski definition) is 7. The number of anilines is 1. The fraction of sp³-hybridized carbons (Fsp3) is 0.529. The van der Waals surface area contributed by atoms with Crippen molar-refractivity contribution in [3.05, 3.63) is 22.8 Å². The zero-order valence-electron chi connectivity index (χ0n) is 15.0. The van der Waals surface area contributed by atoms with Crippen molar-refractivity contribution in [3.63, 3.8) is 0 Å². The molecule has 0 spiro atoms. The van der Waals surface area contributed by atoms with Crippen LogP contribution in [0.5, 0.6) is 0 Å². The van der Waals surface area contributed by atoms with Crippen molar-refractivity contribution in [1.82, 2.24) is 14.8 Å². The van der Waals surface area contributed by atoms with Crippen molar-refractivity contribution < 1.29 is 14.3 Å². The van der Waals surface area contributed by atoms with Crippen LogP contribution in [0.2, 0.25) is 0 Å². The number of aromatic nitrogens is 3. The molecule has 3 rings (SSSR count). The van der Waals surface area contributed by atoms with E-state index in [0.717, 1.165) is 18.4 Å². The van der Waals surface area contributed by atoms with E-state index in [0.29, 0.717) is 28.2 Å². The number of thiophene rings is 1. The lowest BCUT2D eigenvalue weighted by Gasteiger charge is -2.10. The Balaban J connectivity index is 1.67. The molecule has 1 saturated carbocycles. The van der Waals surface area contributed by atoms with Crippen LogP contribution in [0.1, 0.15) is 61.5 Å². The van der Waals surface area contributed by atoms with E-state index in [1.807, 2.05) is 23.8 Å². The third-order valence-electron chi connectivity index (χ3n) is 4.00. The van der Waals surface area contributed by atoms with E-state index >= 15 is 0 Å². The molecule has 0 bridgehead atoms. The van der Waals surface area contributed by atoms with E-state index in [1.54, 1.807) is 13.3 Å². The minimum Gasteiger partial charge on any atom is -0.462 e. The maximum atomic E-state index is 12.4. The first-order valence-electron chi connectivity index (χ1n) is 8.61. The number of carbonyl (C=O) groups excluding carboxylic acids is 2. The number of thioether (sulfide) groups is 1. The van der Waals surface area contributed by atoms with Gasteiger partial charge in [-0.05, 0) is 50.5 Å². The van der Waals surface area contributed by atoms with Crippen molar-refractivity contribution in [2.24, 2.45) is 0 Å². The molecular formula is C17H22N4O3S2. The number of hydrogen-bond donors (Lipinski definition) is 1. The summed E-state index contributed by atoms with van der Waals surface area (Å²) >= 11 is 2.71. The Morgan fingerprint density at radius 3 is 2.88 bits per heavy atom. The minimum atomic E-state index is -0.363. The summed E-state index contributed by atoms with van der Waals surface area (Å²) in [4.78, 5) is 24.7. The summed E-state index contributed by atoms with van der Waals surface area (Å²) in [6.45, 7) is 6.15. The largest absolute Gasteiger partial charge is 0.462 e. The highest BCUT2D eigenvalue weighted by Crippen LogP contribution is 2.46. The van der Waals surface area contributed by atoms with E-state index in [2.05, 4.69) is 15.5 Å². The second-order valence-corrected chi connectivity index (χ2v) is 8.16. The monoisotopic (exact) mass is 394 g/mol. The Bertz CT molecular complexity index is 796. The molecule has 0 atom stereocenters. The van der Waals surface area contributed by atoms with Gasteiger partial charge in [-0.1, -0.05) is 11.8 Å². The zero-order chi connectivity index (χ0) is 18.7. The standard InChI is InChI=1S/C17H22N4O3S2/c1-4-24-16(23)14-12(11-5-6-11)7-25-15(14)19-13(22)8-26-17-20-18-9-21(17)10(2)3/h7,9-11H,4-6,8H2,1-3H3,(H,19,22). The van der Waals surface area contributed by atoms with Crippen LogP contribution >= 0.6 is 23.1 Å². The van der Waals surface area contributed by atoms with Gasteiger partial charge in [0.05, 0.1) is 17.9 Å². The first-order chi connectivity index (χ1) is 12.5. The smallest absolute Gasteiger partial charge is 0.341 e. The average Bonchev–Trinajstić information content (AvgIpc) is 3.18.